The van der Waals surface area contributed by atoms with Crippen molar-refractivity contribution in [3.63, 3.8) is 0 Å². The molecule has 1 aromatic rings. The second kappa shape index (κ2) is 7.14. The number of benzene rings is 1. The van der Waals surface area contributed by atoms with E-state index in [1.807, 2.05) is 38.1 Å². The zero-order valence-corrected chi connectivity index (χ0v) is 11.9. The lowest BCUT2D eigenvalue weighted by Crippen LogP contribution is -2.50. The Morgan fingerprint density at radius 2 is 2.21 bits per heavy atom. The van der Waals surface area contributed by atoms with Gasteiger partial charge >= 0.3 is 5.97 Å². The molecule has 19 heavy (non-hydrogen) atoms. The Kier molecular flexibility index (Phi) is 5.83. The lowest BCUT2D eigenvalue weighted by molar-refractivity contribution is -0.144. The number of ether oxygens (including phenoxy) is 1. The average Bonchev–Trinajstić information content (AvgIpc) is 2.35. The van der Waals surface area contributed by atoms with E-state index >= 15 is 0 Å². The molecule has 0 heterocycles. The van der Waals surface area contributed by atoms with Crippen molar-refractivity contribution in [2.24, 2.45) is 0 Å². The average molecular weight is 265 g/mol. The molecule has 0 aromatic heterocycles. The van der Waals surface area contributed by atoms with Gasteiger partial charge in [0.15, 0.2) is 0 Å². The van der Waals surface area contributed by atoms with Gasteiger partial charge in [0.25, 0.3) is 0 Å². The lowest BCUT2D eigenvalue weighted by atomic mass is 9.96. The third kappa shape index (κ3) is 4.91. The summed E-state index contributed by atoms with van der Waals surface area (Å²) in [7, 11) is 0. The Labute approximate surface area is 114 Å². The molecule has 0 aliphatic heterocycles. The van der Waals surface area contributed by atoms with E-state index in [1.54, 1.807) is 6.92 Å². The normalized spacial score (nSPS) is 13.8. The van der Waals surface area contributed by atoms with Crippen LogP contribution < -0.4 is 10.1 Å². The van der Waals surface area contributed by atoms with Crippen molar-refractivity contribution < 1.29 is 14.6 Å². The molecule has 2 N–H and O–H groups in total. The van der Waals surface area contributed by atoms with Crippen LogP contribution in [0.5, 0.6) is 5.75 Å². The number of hydrogen-bond donors (Lipinski definition) is 2. The summed E-state index contributed by atoms with van der Waals surface area (Å²) in [6.45, 7) is 6.66. The topological polar surface area (TPSA) is 58.6 Å². The minimum absolute atomic E-state index is 0.454. The molecule has 0 aliphatic rings. The first kappa shape index (κ1) is 15.5. The van der Waals surface area contributed by atoms with E-state index in [4.69, 9.17) is 4.74 Å². The Morgan fingerprint density at radius 1 is 1.47 bits per heavy atom. The second-order valence-electron chi connectivity index (χ2n) is 4.98. The minimum atomic E-state index is -0.870. The van der Waals surface area contributed by atoms with Crippen LogP contribution in [0.4, 0.5) is 0 Å². The van der Waals surface area contributed by atoms with Gasteiger partial charge in [0, 0.05) is 6.54 Å². The summed E-state index contributed by atoms with van der Waals surface area (Å²) in [4.78, 5) is 11.2. The third-order valence-corrected chi connectivity index (χ3v) is 3.10. The van der Waals surface area contributed by atoms with E-state index in [2.05, 4.69) is 5.32 Å². The maximum Gasteiger partial charge on any atom is 0.323 e. The number of rotatable bonds is 8. The maximum atomic E-state index is 11.2. The fourth-order valence-corrected chi connectivity index (χ4v) is 1.97. The van der Waals surface area contributed by atoms with Crippen LogP contribution in [0.3, 0.4) is 0 Å². The third-order valence-electron chi connectivity index (χ3n) is 3.10. The molecular weight excluding hydrogens is 242 g/mol. The standard InChI is InChI=1S/C15H23NO3/c1-4-8-15(3,14(17)18)16-9-10-19-13-7-5-6-12(2)11-13/h5-7,11,16H,4,8-10H2,1-3H3,(H,17,18). The van der Waals surface area contributed by atoms with Crippen molar-refractivity contribution in [2.45, 2.75) is 39.2 Å². The Morgan fingerprint density at radius 3 is 2.79 bits per heavy atom. The summed E-state index contributed by atoms with van der Waals surface area (Å²) in [5.41, 5.74) is 0.275. The van der Waals surface area contributed by atoms with Gasteiger partial charge in [-0.2, -0.15) is 0 Å². The van der Waals surface area contributed by atoms with Crippen LogP contribution in [0.1, 0.15) is 32.3 Å². The van der Waals surface area contributed by atoms with E-state index in [0.717, 1.165) is 17.7 Å². The highest BCUT2D eigenvalue weighted by atomic mass is 16.5. The lowest BCUT2D eigenvalue weighted by Gasteiger charge is -2.25. The molecule has 0 fully saturated rings. The largest absolute Gasteiger partial charge is 0.492 e. The van der Waals surface area contributed by atoms with E-state index in [9.17, 15) is 9.90 Å². The van der Waals surface area contributed by atoms with Crippen LogP contribution >= 0.6 is 0 Å². The number of nitrogens with one attached hydrogen (secondary N) is 1. The van der Waals surface area contributed by atoms with Crippen LogP contribution in [0.2, 0.25) is 0 Å². The summed E-state index contributed by atoms with van der Waals surface area (Å²) in [5.74, 6) is -0.000717. The smallest absolute Gasteiger partial charge is 0.323 e. The maximum absolute atomic E-state index is 11.2. The minimum Gasteiger partial charge on any atom is -0.492 e. The van der Waals surface area contributed by atoms with Gasteiger partial charge in [0.2, 0.25) is 0 Å². The van der Waals surface area contributed by atoms with Gasteiger partial charge in [0.05, 0.1) is 0 Å². The first-order chi connectivity index (χ1) is 8.98. The molecule has 1 atom stereocenters. The van der Waals surface area contributed by atoms with Crippen molar-refractivity contribution in [3.05, 3.63) is 29.8 Å². The molecule has 0 saturated carbocycles. The van der Waals surface area contributed by atoms with Crippen molar-refractivity contribution in [2.75, 3.05) is 13.2 Å². The quantitative estimate of drug-likeness (QED) is 0.709. The summed E-state index contributed by atoms with van der Waals surface area (Å²) >= 11 is 0. The Balaban J connectivity index is 2.39. The number of aryl methyl sites for hydroxylation is 1. The first-order valence-corrected chi connectivity index (χ1v) is 6.66. The zero-order valence-electron chi connectivity index (χ0n) is 11.9. The molecule has 0 saturated heterocycles. The predicted molar refractivity (Wildman–Crippen MR) is 75.6 cm³/mol. The SMILES string of the molecule is CCCC(C)(NCCOc1cccc(C)c1)C(=O)O. The first-order valence-electron chi connectivity index (χ1n) is 6.66. The molecule has 106 valence electrons. The van der Waals surface area contributed by atoms with Crippen molar-refractivity contribution in [1.29, 1.82) is 0 Å². The zero-order chi connectivity index (χ0) is 14.3. The van der Waals surface area contributed by atoms with Gasteiger partial charge in [0.1, 0.15) is 17.9 Å². The van der Waals surface area contributed by atoms with Gasteiger partial charge in [-0.05, 0) is 38.0 Å². The van der Waals surface area contributed by atoms with Crippen molar-refractivity contribution >= 4 is 5.97 Å². The van der Waals surface area contributed by atoms with Gasteiger partial charge < -0.3 is 9.84 Å². The molecule has 0 radical (unpaired) electrons. The molecule has 0 bridgehead atoms. The van der Waals surface area contributed by atoms with Crippen LogP contribution in [0.15, 0.2) is 24.3 Å². The Bertz CT molecular complexity index is 420. The Hall–Kier alpha value is -1.55. The number of carboxylic acids is 1. The molecule has 1 unspecified atom stereocenters. The molecule has 0 amide bonds. The van der Waals surface area contributed by atoms with Gasteiger partial charge in [-0.1, -0.05) is 25.5 Å². The predicted octanol–water partition coefficient (Wildman–Crippen LogP) is 2.61. The fraction of sp³-hybridized carbons (Fsp3) is 0.533. The van der Waals surface area contributed by atoms with E-state index < -0.39 is 11.5 Å². The van der Waals surface area contributed by atoms with Gasteiger partial charge in [-0.3, -0.25) is 10.1 Å². The monoisotopic (exact) mass is 265 g/mol. The van der Waals surface area contributed by atoms with Gasteiger partial charge in [-0.15, -0.1) is 0 Å². The second-order valence-corrected chi connectivity index (χ2v) is 4.98. The highest BCUT2D eigenvalue weighted by molar-refractivity contribution is 5.78. The van der Waals surface area contributed by atoms with Crippen LogP contribution in [-0.2, 0) is 4.79 Å². The van der Waals surface area contributed by atoms with Crippen molar-refractivity contribution in [3.8, 4) is 5.75 Å². The van der Waals surface area contributed by atoms with Crippen LogP contribution in [-0.4, -0.2) is 29.8 Å². The summed E-state index contributed by atoms with van der Waals surface area (Å²) in [6, 6.07) is 7.81. The molecule has 0 spiro atoms. The number of carbonyl (C=O) groups is 1. The highest BCUT2D eigenvalue weighted by Crippen LogP contribution is 2.13. The van der Waals surface area contributed by atoms with E-state index in [0.29, 0.717) is 19.6 Å². The highest BCUT2D eigenvalue weighted by Gasteiger charge is 2.30. The number of carboxylic acid groups (broad SMARTS) is 1. The molecule has 4 nitrogen and oxygen atoms in total. The van der Waals surface area contributed by atoms with Gasteiger partial charge in [-0.25, -0.2) is 0 Å². The van der Waals surface area contributed by atoms with E-state index in [-0.39, 0.29) is 0 Å². The van der Waals surface area contributed by atoms with Crippen molar-refractivity contribution in [1.82, 2.24) is 5.32 Å². The molecule has 1 rings (SSSR count). The van der Waals surface area contributed by atoms with Crippen LogP contribution in [0.25, 0.3) is 0 Å². The molecular formula is C15H23NO3. The molecule has 1 aromatic carbocycles. The molecule has 4 heteroatoms. The summed E-state index contributed by atoms with van der Waals surface area (Å²) in [5, 5.41) is 12.3. The number of hydrogen-bond acceptors (Lipinski definition) is 3. The summed E-state index contributed by atoms with van der Waals surface area (Å²) < 4.78 is 5.58. The number of aliphatic carboxylic acids is 1. The molecule has 0 aliphatic carbocycles. The fourth-order valence-electron chi connectivity index (χ4n) is 1.97. The van der Waals surface area contributed by atoms with E-state index in [1.165, 1.54) is 0 Å². The van der Waals surface area contributed by atoms with Crippen LogP contribution in [0, 0.1) is 6.92 Å². The summed E-state index contributed by atoms with van der Waals surface area (Å²) in [6.07, 6.45) is 1.43.